The number of nitrogens with two attached hydrogens (primary N) is 1. The molecule has 1 heterocycles. The average Bonchev–Trinajstić information content (AvgIpc) is 2.86. The van der Waals surface area contributed by atoms with Crippen molar-refractivity contribution in [2.24, 2.45) is 10.7 Å². The number of alkyl halides is 1. The average molecular weight is 307 g/mol. The standard InChI is InChI=1S/C15H19ClN4O/c1-3-20-9-12(11(2)19-20)10-21-14-7-5-4-6-13(14)18-15(17)8-16/h4-7,9H,3,8,10H2,1-2H3,(H2,17,18). The summed E-state index contributed by atoms with van der Waals surface area (Å²) in [6.07, 6.45) is 1.99. The molecule has 2 aromatic rings. The molecule has 21 heavy (non-hydrogen) atoms. The highest BCUT2D eigenvalue weighted by Gasteiger charge is 2.07. The first kappa shape index (κ1) is 15.4. The van der Waals surface area contributed by atoms with E-state index in [1.165, 1.54) is 0 Å². The van der Waals surface area contributed by atoms with Gasteiger partial charge in [0.1, 0.15) is 23.9 Å². The van der Waals surface area contributed by atoms with Crippen molar-refractivity contribution in [3.8, 4) is 5.75 Å². The molecule has 0 aliphatic rings. The quantitative estimate of drug-likeness (QED) is 0.507. The number of para-hydroxylation sites is 2. The van der Waals surface area contributed by atoms with Crippen molar-refractivity contribution >= 4 is 23.1 Å². The van der Waals surface area contributed by atoms with Gasteiger partial charge in [0.05, 0.1) is 11.6 Å². The van der Waals surface area contributed by atoms with Crippen LogP contribution in [0.4, 0.5) is 5.69 Å². The first-order valence-electron chi connectivity index (χ1n) is 6.77. The normalized spacial score (nSPS) is 11.7. The number of aliphatic imine (C=N–C) groups is 1. The first-order valence-corrected chi connectivity index (χ1v) is 7.31. The third-order valence-electron chi connectivity index (χ3n) is 3.02. The van der Waals surface area contributed by atoms with Crippen LogP contribution in [0.15, 0.2) is 35.5 Å². The van der Waals surface area contributed by atoms with E-state index in [0.717, 1.165) is 17.8 Å². The van der Waals surface area contributed by atoms with Gasteiger partial charge < -0.3 is 10.5 Å². The summed E-state index contributed by atoms with van der Waals surface area (Å²) >= 11 is 5.66. The van der Waals surface area contributed by atoms with Crippen LogP contribution in [0.2, 0.25) is 0 Å². The molecule has 2 N–H and O–H groups in total. The van der Waals surface area contributed by atoms with E-state index < -0.39 is 0 Å². The molecule has 0 unspecified atom stereocenters. The maximum Gasteiger partial charge on any atom is 0.145 e. The van der Waals surface area contributed by atoms with E-state index in [0.29, 0.717) is 23.9 Å². The third-order valence-corrected chi connectivity index (χ3v) is 3.30. The summed E-state index contributed by atoms with van der Waals surface area (Å²) in [5.74, 6) is 1.23. The summed E-state index contributed by atoms with van der Waals surface area (Å²) in [6, 6.07) is 7.48. The maximum absolute atomic E-state index is 5.85. The fourth-order valence-corrected chi connectivity index (χ4v) is 1.93. The van der Waals surface area contributed by atoms with E-state index in [-0.39, 0.29) is 5.88 Å². The predicted octanol–water partition coefficient (Wildman–Crippen LogP) is 3.02. The van der Waals surface area contributed by atoms with Crippen molar-refractivity contribution in [2.45, 2.75) is 27.0 Å². The minimum absolute atomic E-state index is 0.191. The molecule has 0 saturated carbocycles. The van der Waals surface area contributed by atoms with Crippen LogP contribution in [0.5, 0.6) is 5.75 Å². The summed E-state index contributed by atoms with van der Waals surface area (Å²) in [4.78, 5) is 4.25. The van der Waals surface area contributed by atoms with E-state index in [1.54, 1.807) is 0 Å². The van der Waals surface area contributed by atoms with Crippen LogP contribution in [0, 0.1) is 6.92 Å². The van der Waals surface area contributed by atoms with Crippen LogP contribution in [-0.4, -0.2) is 21.5 Å². The van der Waals surface area contributed by atoms with Gasteiger partial charge in [-0.05, 0) is 26.0 Å². The lowest BCUT2D eigenvalue weighted by molar-refractivity contribution is 0.306. The monoisotopic (exact) mass is 306 g/mol. The summed E-state index contributed by atoms with van der Waals surface area (Å²) in [7, 11) is 0. The zero-order valence-electron chi connectivity index (χ0n) is 12.2. The highest BCUT2D eigenvalue weighted by atomic mass is 35.5. The van der Waals surface area contributed by atoms with Crippen molar-refractivity contribution < 1.29 is 4.74 Å². The second kappa shape index (κ2) is 7.13. The van der Waals surface area contributed by atoms with Gasteiger partial charge in [-0.15, -0.1) is 11.6 Å². The van der Waals surface area contributed by atoms with Crippen LogP contribution in [-0.2, 0) is 13.2 Å². The van der Waals surface area contributed by atoms with Crippen LogP contribution in [0.1, 0.15) is 18.2 Å². The van der Waals surface area contributed by atoms with Gasteiger partial charge in [-0.25, -0.2) is 4.99 Å². The van der Waals surface area contributed by atoms with Gasteiger partial charge in [0.15, 0.2) is 0 Å². The van der Waals surface area contributed by atoms with E-state index in [4.69, 9.17) is 22.1 Å². The molecule has 0 amide bonds. The molecule has 0 aliphatic heterocycles. The lowest BCUT2D eigenvalue weighted by atomic mass is 10.2. The topological polar surface area (TPSA) is 65.4 Å². The summed E-state index contributed by atoms with van der Waals surface area (Å²) in [5.41, 5.74) is 8.38. The number of benzene rings is 1. The van der Waals surface area contributed by atoms with Gasteiger partial charge in [0.2, 0.25) is 0 Å². The van der Waals surface area contributed by atoms with Crippen LogP contribution < -0.4 is 10.5 Å². The Kier molecular flexibility index (Phi) is 5.22. The Labute approximate surface area is 129 Å². The molecule has 0 atom stereocenters. The first-order chi connectivity index (χ1) is 10.1. The number of aromatic nitrogens is 2. The number of hydrogen-bond donors (Lipinski definition) is 1. The zero-order chi connectivity index (χ0) is 15.2. The molecule has 5 nitrogen and oxygen atoms in total. The van der Waals surface area contributed by atoms with Gasteiger partial charge in [0, 0.05) is 18.3 Å². The van der Waals surface area contributed by atoms with E-state index in [1.807, 2.05) is 42.1 Å². The van der Waals surface area contributed by atoms with Crippen LogP contribution in [0.25, 0.3) is 0 Å². The molecule has 6 heteroatoms. The van der Waals surface area contributed by atoms with Gasteiger partial charge in [-0.2, -0.15) is 5.10 Å². The Morgan fingerprint density at radius 3 is 2.86 bits per heavy atom. The fraction of sp³-hybridized carbons (Fsp3) is 0.333. The molecular formula is C15H19ClN4O. The van der Waals surface area contributed by atoms with Gasteiger partial charge >= 0.3 is 0 Å². The Hall–Kier alpha value is -2.01. The number of halogens is 1. The summed E-state index contributed by atoms with van der Waals surface area (Å²) in [6.45, 7) is 5.31. The Balaban J connectivity index is 2.14. The van der Waals surface area contributed by atoms with Crippen molar-refractivity contribution in [3.05, 3.63) is 41.7 Å². The molecule has 0 spiro atoms. The van der Waals surface area contributed by atoms with Gasteiger partial charge in [0.25, 0.3) is 0 Å². The summed E-state index contributed by atoms with van der Waals surface area (Å²) < 4.78 is 7.74. The highest BCUT2D eigenvalue weighted by Crippen LogP contribution is 2.28. The van der Waals surface area contributed by atoms with Gasteiger partial charge in [-0.1, -0.05) is 12.1 Å². The van der Waals surface area contributed by atoms with Crippen molar-refractivity contribution in [1.82, 2.24) is 9.78 Å². The molecular weight excluding hydrogens is 288 g/mol. The second-order valence-corrected chi connectivity index (χ2v) is 4.86. The number of nitrogens with zero attached hydrogens (tertiary/aromatic N) is 3. The lowest BCUT2D eigenvalue weighted by Gasteiger charge is -2.08. The number of hydrogen-bond acceptors (Lipinski definition) is 3. The molecule has 2 rings (SSSR count). The number of amidine groups is 1. The van der Waals surface area contributed by atoms with Crippen molar-refractivity contribution in [2.75, 3.05) is 5.88 Å². The smallest absolute Gasteiger partial charge is 0.145 e. The van der Waals surface area contributed by atoms with Gasteiger partial charge in [-0.3, -0.25) is 4.68 Å². The Morgan fingerprint density at radius 2 is 2.19 bits per heavy atom. The van der Waals surface area contributed by atoms with E-state index in [2.05, 4.69) is 17.0 Å². The summed E-state index contributed by atoms with van der Waals surface area (Å²) in [5, 5.41) is 4.40. The van der Waals surface area contributed by atoms with Crippen LogP contribution in [0.3, 0.4) is 0 Å². The lowest BCUT2D eigenvalue weighted by Crippen LogP contribution is -2.12. The Morgan fingerprint density at radius 1 is 1.43 bits per heavy atom. The third kappa shape index (κ3) is 3.98. The molecule has 1 aromatic heterocycles. The number of ether oxygens (including phenoxy) is 1. The number of rotatable bonds is 6. The largest absolute Gasteiger partial charge is 0.487 e. The highest BCUT2D eigenvalue weighted by molar-refractivity contribution is 6.28. The molecule has 0 aliphatic carbocycles. The maximum atomic E-state index is 5.85. The van der Waals surface area contributed by atoms with Crippen molar-refractivity contribution in [3.63, 3.8) is 0 Å². The van der Waals surface area contributed by atoms with Crippen molar-refractivity contribution in [1.29, 1.82) is 0 Å². The zero-order valence-corrected chi connectivity index (χ0v) is 13.0. The molecule has 1 aromatic carbocycles. The molecule has 0 bridgehead atoms. The molecule has 0 fully saturated rings. The molecule has 0 saturated heterocycles. The second-order valence-electron chi connectivity index (χ2n) is 4.59. The minimum Gasteiger partial charge on any atom is -0.487 e. The molecule has 112 valence electrons. The minimum atomic E-state index is 0.191. The predicted molar refractivity (Wildman–Crippen MR) is 85.4 cm³/mol. The Bertz CT molecular complexity index is 636. The van der Waals surface area contributed by atoms with E-state index >= 15 is 0 Å². The van der Waals surface area contributed by atoms with E-state index in [9.17, 15) is 0 Å². The van der Waals surface area contributed by atoms with Crippen LogP contribution >= 0.6 is 11.6 Å². The fourth-order valence-electron chi connectivity index (χ4n) is 1.87. The SMILES string of the molecule is CCn1cc(COc2ccccc2N=C(N)CCl)c(C)n1. The number of aryl methyl sites for hydroxylation is 2. The molecule has 0 radical (unpaired) electrons.